The molecule has 0 heterocycles. The molecule has 0 bridgehead atoms. The van der Waals surface area contributed by atoms with Crippen LogP contribution in [0.1, 0.15) is 31.4 Å². The van der Waals surface area contributed by atoms with Gasteiger partial charge < -0.3 is 10.2 Å². The van der Waals surface area contributed by atoms with E-state index in [0.717, 1.165) is 32.6 Å². The van der Waals surface area contributed by atoms with Crippen LogP contribution in [0.2, 0.25) is 5.02 Å². The van der Waals surface area contributed by atoms with Crippen LogP contribution in [-0.2, 0) is 32.6 Å². The number of anilines is 1. The number of nitrogens with zero attached hydrogens (tertiary/aromatic N) is 2. The summed E-state index contributed by atoms with van der Waals surface area (Å²) in [5, 5.41) is 3.50. The van der Waals surface area contributed by atoms with Crippen molar-refractivity contribution in [2.75, 3.05) is 17.1 Å². The van der Waals surface area contributed by atoms with Gasteiger partial charge in [0, 0.05) is 28.5 Å². The minimum Gasteiger partial charge on any atom is -0.352 e. The second-order valence-electron chi connectivity index (χ2n) is 9.42. The van der Waals surface area contributed by atoms with E-state index < -0.39 is 28.5 Å². The molecule has 10 heteroatoms. The van der Waals surface area contributed by atoms with Crippen LogP contribution in [-0.4, -0.2) is 50.0 Å². The number of amides is 2. The van der Waals surface area contributed by atoms with Crippen molar-refractivity contribution in [1.29, 1.82) is 0 Å². The number of carbonyl (C=O) groups is 2. The minimum atomic E-state index is -3.82. The number of rotatable bonds is 12. The molecule has 0 fully saturated rings. The maximum absolute atomic E-state index is 14.0. The molecule has 208 valence electrons. The van der Waals surface area contributed by atoms with Crippen LogP contribution in [0, 0.1) is 0 Å². The van der Waals surface area contributed by atoms with Crippen LogP contribution < -0.4 is 9.62 Å². The fraction of sp³-hybridized carbons (Fsp3) is 0.310. The van der Waals surface area contributed by atoms with Crippen LogP contribution in [0.5, 0.6) is 0 Å². The van der Waals surface area contributed by atoms with Crippen molar-refractivity contribution in [1.82, 2.24) is 10.2 Å². The zero-order chi connectivity index (χ0) is 28.6. The van der Waals surface area contributed by atoms with Gasteiger partial charge in [-0.25, -0.2) is 8.42 Å². The van der Waals surface area contributed by atoms with Crippen LogP contribution in [0.15, 0.2) is 83.3 Å². The number of sulfonamides is 1. The van der Waals surface area contributed by atoms with Gasteiger partial charge in [0.1, 0.15) is 12.6 Å². The summed E-state index contributed by atoms with van der Waals surface area (Å²) >= 11 is 9.59. The highest BCUT2D eigenvalue weighted by atomic mass is 79.9. The van der Waals surface area contributed by atoms with Crippen molar-refractivity contribution in [2.45, 2.75) is 45.3 Å². The normalized spacial score (nSPS) is 12.8. The highest BCUT2D eigenvalue weighted by Gasteiger charge is 2.33. The van der Waals surface area contributed by atoms with Crippen LogP contribution in [0.4, 0.5) is 5.69 Å². The third-order valence-corrected chi connectivity index (χ3v) is 8.21. The molecule has 2 amide bonds. The Labute approximate surface area is 244 Å². The lowest BCUT2D eigenvalue weighted by Gasteiger charge is -2.34. The third kappa shape index (κ3) is 9.08. The number of hydrogen-bond acceptors (Lipinski definition) is 4. The van der Waals surface area contributed by atoms with E-state index in [0.29, 0.717) is 10.7 Å². The van der Waals surface area contributed by atoms with E-state index in [1.54, 1.807) is 42.5 Å². The molecule has 7 nitrogen and oxygen atoms in total. The zero-order valence-corrected chi connectivity index (χ0v) is 25.3. The Morgan fingerprint density at radius 3 is 2.21 bits per heavy atom. The first kappa shape index (κ1) is 30.7. The lowest BCUT2D eigenvalue weighted by Crippen LogP contribution is -2.54. The van der Waals surface area contributed by atoms with Crippen molar-refractivity contribution in [3.63, 3.8) is 0 Å². The quantitative estimate of drug-likeness (QED) is 0.288. The first-order valence-electron chi connectivity index (χ1n) is 12.6. The van der Waals surface area contributed by atoms with Crippen molar-refractivity contribution in [3.05, 3.63) is 99.5 Å². The summed E-state index contributed by atoms with van der Waals surface area (Å²) < 4.78 is 27.4. The van der Waals surface area contributed by atoms with E-state index in [9.17, 15) is 18.0 Å². The molecule has 3 rings (SSSR count). The standard InChI is InChI=1S/C29H33BrClN3O4S/c1-4-21(2)32-29(36)27(18-22-9-6-5-7-10-22)33(19-23-11-8-12-25(31)17-23)28(35)20-34(39(3,37)38)26-15-13-24(30)14-16-26/h5-17,21,27H,4,18-20H2,1-3H3,(H,32,36)/t21-,27-/m1/s1. The van der Waals surface area contributed by atoms with E-state index >= 15 is 0 Å². The summed E-state index contributed by atoms with van der Waals surface area (Å²) in [5.41, 5.74) is 1.94. The largest absolute Gasteiger partial charge is 0.352 e. The molecule has 0 unspecified atom stereocenters. The molecule has 0 aromatic heterocycles. The molecule has 0 spiro atoms. The summed E-state index contributed by atoms with van der Waals surface area (Å²) in [7, 11) is -3.82. The smallest absolute Gasteiger partial charge is 0.244 e. The predicted octanol–water partition coefficient (Wildman–Crippen LogP) is 5.42. The summed E-state index contributed by atoms with van der Waals surface area (Å²) in [6.45, 7) is 3.47. The Hall–Kier alpha value is -2.88. The summed E-state index contributed by atoms with van der Waals surface area (Å²) in [5.74, 6) is -0.818. The number of nitrogens with one attached hydrogen (secondary N) is 1. The van der Waals surface area contributed by atoms with Crippen molar-refractivity contribution in [3.8, 4) is 0 Å². The van der Waals surface area contributed by atoms with Gasteiger partial charge in [-0.3, -0.25) is 13.9 Å². The molecule has 2 atom stereocenters. The molecule has 3 aromatic carbocycles. The summed E-state index contributed by atoms with van der Waals surface area (Å²) in [6, 6.07) is 22.2. The van der Waals surface area contributed by atoms with Gasteiger partial charge >= 0.3 is 0 Å². The average Bonchev–Trinajstić information content (AvgIpc) is 2.89. The minimum absolute atomic E-state index is 0.0722. The van der Waals surface area contributed by atoms with Gasteiger partial charge in [0.15, 0.2) is 0 Å². The molecule has 3 aromatic rings. The second-order valence-corrected chi connectivity index (χ2v) is 12.7. The van der Waals surface area contributed by atoms with Gasteiger partial charge in [-0.2, -0.15) is 0 Å². The Kier molecular flexibility index (Phi) is 11.0. The monoisotopic (exact) mass is 633 g/mol. The van der Waals surface area contributed by atoms with Crippen molar-refractivity contribution >= 4 is 55.1 Å². The number of benzene rings is 3. The van der Waals surface area contributed by atoms with Gasteiger partial charge in [-0.15, -0.1) is 0 Å². The lowest BCUT2D eigenvalue weighted by molar-refractivity contribution is -0.140. The number of hydrogen-bond donors (Lipinski definition) is 1. The highest BCUT2D eigenvalue weighted by molar-refractivity contribution is 9.10. The molecule has 0 aliphatic carbocycles. The van der Waals surface area contributed by atoms with E-state index in [2.05, 4.69) is 21.2 Å². The van der Waals surface area contributed by atoms with E-state index in [4.69, 9.17) is 11.6 Å². The molecule has 0 aliphatic heterocycles. The fourth-order valence-electron chi connectivity index (χ4n) is 4.05. The summed E-state index contributed by atoms with van der Waals surface area (Å²) in [6.07, 6.45) is 2.03. The maximum Gasteiger partial charge on any atom is 0.244 e. The molecule has 39 heavy (non-hydrogen) atoms. The first-order valence-corrected chi connectivity index (χ1v) is 15.6. The summed E-state index contributed by atoms with van der Waals surface area (Å²) in [4.78, 5) is 29.1. The molecular weight excluding hydrogens is 602 g/mol. The SMILES string of the molecule is CC[C@@H](C)NC(=O)[C@@H](Cc1ccccc1)N(Cc1cccc(Cl)c1)C(=O)CN(c1ccc(Br)cc1)S(C)(=O)=O. The fourth-order valence-corrected chi connectivity index (χ4v) is 5.37. The van der Waals surface area contributed by atoms with E-state index in [1.807, 2.05) is 50.2 Å². The van der Waals surface area contributed by atoms with Crippen molar-refractivity contribution < 1.29 is 18.0 Å². The molecule has 0 radical (unpaired) electrons. The van der Waals surface area contributed by atoms with Gasteiger partial charge in [0.2, 0.25) is 21.8 Å². The van der Waals surface area contributed by atoms with Crippen LogP contribution >= 0.6 is 27.5 Å². The average molecular weight is 635 g/mol. The topological polar surface area (TPSA) is 86.8 Å². The van der Waals surface area contributed by atoms with Gasteiger partial charge in [-0.1, -0.05) is 76.9 Å². The van der Waals surface area contributed by atoms with Gasteiger partial charge in [0.25, 0.3) is 0 Å². The number of carbonyl (C=O) groups excluding carboxylic acids is 2. The molecule has 0 aliphatic rings. The Morgan fingerprint density at radius 2 is 1.62 bits per heavy atom. The van der Waals surface area contributed by atoms with Gasteiger partial charge in [0.05, 0.1) is 11.9 Å². The molecule has 0 saturated carbocycles. The first-order chi connectivity index (χ1) is 18.5. The number of halogens is 2. The Morgan fingerprint density at radius 1 is 0.974 bits per heavy atom. The van der Waals surface area contributed by atoms with E-state index in [1.165, 1.54) is 4.90 Å². The highest BCUT2D eigenvalue weighted by Crippen LogP contribution is 2.23. The lowest BCUT2D eigenvalue weighted by atomic mass is 10.0. The maximum atomic E-state index is 14.0. The van der Waals surface area contributed by atoms with Crippen LogP contribution in [0.3, 0.4) is 0 Å². The van der Waals surface area contributed by atoms with E-state index in [-0.39, 0.29) is 24.9 Å². The predicted molar refractivity (Wildman–Crippen MR) is 160 cm³/mol. The molecule has 0 saturated heterocycles. The van der Waals surface area contributed by atoms with Crippen LogP contribution in [0.25, 0.3) is 0 Å². The zero-order valence-electron chi connectivity index (χ0n) is 22.2. The third-order valence-electron chi connectivity index (χ3n) is 6.31. The van der Waals surface area contributed by atoms with Crippen molar-refractivity contribution in [2.24, 2.45) is 0 Å². The Balaban J connectivity index is 2.05. The molecular formula is C29H33BrClN3O4S. The Bertz CT molecular complexity index is 1370. The molecule has 1 N–H and O–H groups in total. The second kappa shape index (κ2) is 14.0. The van der Waals surface area contributed by atoms with Gasteiger partial charge in [-0.05, 0) is 60.9 Å².